The van der Waals surface area contributed by atoms with E-state index < -0.39 is 0 Å². The molecule has 3 rings (SSSR count). The summed E-state index contributed by atoms with van der Waals surface area (Å²) in [5, 5.41) is 3.03. The van der Waals surface area contributed by atoms with Gasteiger partial charge < -0.3 is 29.2 Å². The molecule has 1 aromatic rings. The number of benzene rings is 1. The molecule has 8 nitrogen and oxygen atoms in total. The van der Waals surface area contributed by atoms with Crippen LogP contribution in [-0.4, -0.2) is 82.6 Å². The van der Waals surface area contributed by atoms with E-state index in [1.807, 2.05) is 24.0 Å². The number of hydrogen-bond donors (Lipinski definition) is 1. The lowest BCUT2D eigenvalue weighted by molar-refractivity contribution is 0.0258. The first-order valence-electron chi connectivity index (χ1n) is 10.8. The summed E-state index contributed by atoms with van der Waals surface area (Å²) in [6.07, 6.45) is 2.10. The summed E-state index contributed by atoms with van der Waals surface area (Å²) in [4.78, 5) is 17.0. The standard InChI is InChI=1S/C22H35N3O5/c1-4-30-21-19(27-2)13-18(14-20(21)28-3)15-23-22(26)25-7-5-17(6-8-25)16-24-9-11-29-12-10-24/h13-14,17H,4-12,15-16H2,1-3H3,(H,23,26). The van der Waals surface area contributed by atoms with Crippen LogP contribution in [0, 0.1) is 5.92 Å². The quantitative estimate of drug-likeness (QED) is 0.695. The molecule has 0 aliphatic carbocycles. The molecule has 8 heteroatoms. The maximum absolute atomic E-state index is 12.6. The fraction of sp³-hybridized carbons (Fsp3) is 0.682. The van der Waals surface area contributed by atoms with Crippen LogP contribution in [0.2, 0.25) is 0 Å². The molecule has 2 aliphatic rings. The molecule has 2 amide bonds. The molecule has 0 saturated carbocycles. The molecule has 0 atom stereocenters. The first kappa shape index (κ1) is 22.5. The Labute approximate surface area is 179 Å². The zero-order valence-corrected chi connectivity index (χ0v) is 18.4. The Morgan fingerprint density at radius 3 is 2.30 bits per heavy atom. The number of morpholine rings is 1. The van der Waals surface area contributed by atoms with E-state index in [1.54, 1.807) is 14.2 Å². The van der Waals surface area contributed by atoms with Gasteiger partial charge in [-0.1, -0.05) is 0 Å². The van der Waals surface area contributed by atoms with E-state index in [2.05, 4.69) is 10.2 Å². The number of amides is 2. The molecule has 0 unspecified atom stereocenters. The average Bonchev–Trinajstić information content (AvgIpc) is 2.79. The summed E-state index contributed by atoms with van der Waals surface area (Å²) < 4.78 is 21.9. The first-order chi connectivity index (χ1) is 14.6. The van der Waals surface area contributed by atoms with Gasteiger partial charge in [0.2, 0.25) is 5.75 Å². The number of hydrogen-bond acceptors (Lipinski definition) is 6. The number of rotatable bonds is 8. The number of likely N-dealkylation sites (tertiary alicyclic amines) is 1. The minimum absolute atomic E-state index is 0.0216. The van der Waals surface area contributed by atoms with Crippen molar-refractivity contribution >= 4 is 6.03 Å². The summed E-state index contributed by atoms with van der Waals surface area (Å²) in [6, 6.07) is 3.73. The highest BCUT2D eigenvalue weighted by Gasteiger charge is 2.25. The van der Waals surface area contributed by atoms with Crippen LogP contribution in [0.5, 0.6) is 17.2 Å². The first-order valence-corrected chi connectivity index (χ1v) is 10.8. The zero-order valence-electron chi connectivity index (χ0n) is 18.4. The fourth-order valence-corrected chi connectivity index (χ4v) is 4.08. The third kappa shape index (κ3) is 5.92. The van der Waals surface area contributed by atoms with E-state index in [1.165, 1.54) is 0 Å². The lowest BCUT2D eigenvalue weighted by atomic mass is 9.96. The third-order valence-corrected chi connectivity index (χ3v) is 5.77. The molecular weight excluding hydrogens is 386 g/mol. The molecule has 30 heavy (non-hydrogen) atoms. The number of ether oxygens (including phenoxy) is 4. The van der Waals surface area contributed by atoms with Gasteiger partial charge in [0.15, 0.2) is 11.5 Å². The van der Waals surface area contributed by atoms with Gasteiger partial charge >= 0.3 is 6.03 Å². The van der Waals surface area contributed by atoms with Crippen LogP contribution in [0.3, 0.4) is 0 Å². The smallest absolute Gasteiger partial charge is 0.317 e. The van der Waals surface area contributed by atoms with Crippen molar-refractivity contribution in [2.24, 2.45) is 5.92 Å². The minimum Gasteiger partial charge on any atom is -0.493 e. The second kappa shape index (κ2) is 11.3. The van der Waals surface area contributed by atoms with Crippen LogP contribution in [0.4, 0.5) is 4.79 Å². The number of nitrogens with one attached hydrogen (secondary N) is 1. The Morgan fingerprint density at radius 1 is 1.10 bits per heavy atom. The second-order valence-corrected chi connectivity index (χ2v) is 7.76. The maximum atomic E-state index is 12.6. The highest BCUT2D eigenvalue weighted by Crippen LogP contribution is 2.38. The van der Waals surface area contributed by atoms with Crippen LogP contribution in [0.25, 0.3) is 0 Å². The van der Waals surface area contributed by atoms with Gasteiger partial charge in [-0.15, -0.1) is 0 Å². The van der Waals surface area contributed by atoms with Crippen LogP contribution >= 0.6 is 0 Å². The molecule has 2 saturated heterocycles. The lowest BCUT2D eigenvalue weighted by Crippen LogP contribution is -2.47. The summed E-state index contributed by atoms with van der Waals surface area (Å²) in [7, 11) is 3.20. The van der Waals surface area contributed by atoms with Gasteiger partial charge in [-0.25, -0.2) is 4.79 Å². The molecule has 1 aromatic carbocycles. The van der Waals surface area contributed by atoms with Gasteiger partial charge in [-0.3, -0.25) is 4.90 Å². The molecule has 2 heterocycles. The van der Waals surface area contributed by atoms with Crippen LogP contribution in [0.15, 0.2) is 12.1 Å². The van der Waals surface area contributed by atoms with Gasteiger partial charge in [0.25, 0.3) is 0 Å². The third-order valence-electron chi connectivity index (χ3n) is 5.77. The monoisotopic (exact) mass is 421 g/mol. The Balaban J connectivity index is 1.48. The van der Waals surface area contributed by atoms with E-state index in [0.29, 0.717) is 36.3 Å². The van der Waals surface area contributed by atoms with E-state index >= 15 is 0 Å². The van der Waals surface area contributed by atoms with Crippen molar-refractivity contribution in [3.8, 4) is 17.2 Å². The normalized spacial score (nSPS) is 18.2. The van der Waals surface area contributed by atoms with Crippen molar-refractivity contribution in [3.05, 3.63) is 17.7 Å². The van der Waals surface area contributed by atoms with Crippen LogP contribution in [0.1, 0.15) is 25.3 Å². The number of piperidine rings is 1. The van der Waals surface area contributed by atoms with Crippen LogP contribution in [-0.2, 0) is 11.3 Å². The maximum Gasteiger partial charge on any atom is 0.317 e. The Kier molecular flexibility index (Phi) is 8.45. The number of carbonyl (C=O) groups excluding carboxylic acids is 1. The van der Waals surface area contributed by atoms with E-state index in [-0.39, 0.29) is 6.03 Å². The number of methoxy groups -OCH3 is 2. The average molecular weight is 422 g/mol. The predicted octanol–water partition coefficient (Wildman–Crippen LogP) is 2.36. The molecular formula is C22H35N3O5. The van der Waals surface area contributed by atoms with Crippen molar-refractivity contribution in [1.82, 2.24) is 15.1 Å². The van der Waals surface area contributed by atoms with E-state index in [4.69, 9.17) is 18.9 Å². The van der Waals surface area contributed by atoms with E-state index in [0.717, 1.165) is 64.3 Å². The number of carbonyl (C=O) groups is 1. The Morgan fingerprint density at radius 2 is 1.73 bits per heavy atom. The molecule has 0 spiro atoms. The highest BCUT2D eigenvalue weighted by molar-refractivity contribution is 5.74. The SMILES string of the molecule is CCOc1c(OC)cc(CNC(=O)N2CCC(CN3CCOCC3)CC2)cc1OC. The number of nitrogens with zero attached hydrogens (tertiary/aromatic N) is 2. The van der Waals surface area contributed by atoms with Crippen molar-refractivity contribution in [3.63, 3.8) is 0 Å². The molecule has 0 bridgehead atoms. The highest BCUT2D eigenvalue weighted by atomic mass is 16.5. The summed E-state index contributed by atoms with van der Waals surface area (Å²) >= 11 is 0. The van der Waals surface area contributed by atoms with Crippen molar-refractivity contribution in [2.45, 2.75) is 26.3 Å². The lowest BCUT2D eigenvalue weighted by Gasteiger charge is -2.36. The van der Waals surface area contributed by atoms with Gasteiger partial charge in [0.05, 0.1) is 34.0 Å². The molecule has 168 valence electrons. The predicted molar refractivity (Wildman–Crippen MR) is 115 cm³/mol. The van der Waals surface area contributed by atoms with Crippen molar-refractivity contribution in [2.75, 3.05) is 66.8 Å². The molecule has 0 radical (unpaired) electrons. The molecule has 0 aromatic heterocycles. The summed E-state index contributed by atoms with van der Waals surface area (Å²) in [5.41, 5.74) is 0.905. The Hall–Kier alpha value is -2.19. The van der Waals surface area contributed by atoms with Gasteiger partial charge in [0.1, 0.15) is 0 Å². The van der Waals surface area contributed by atoms with Crippen molar-refractivity contribution < 1.29 is 23.7 Å². The zero-order chi connectivity index (χ0) is 21.3. The minimum atomic E-state index is -0.0216. The van der Waals surface area contributed by atoms with Crippen molar-refractivity contribution in [1.29, 1.82) is 0 Å². The van der Waals surface area contributed by atoms with Crippen LogP contribution < -0.4 is 19.5 Å². The molecule has 1 N–H and O–H groups in total. The van der Waals surface area contributed by atoms with E-state index in [9.17, 15) is 4.79 Å². The van der Waals surface area contributed by atoms with Gasteiger partial charge in [-0.05, 0) is 43.4 Å². The summed E-state index contributed by atoms with van der Waals surface area (Å²) in [5.74, 6) is 2.44. The van der Waals surface area contributed by atoms with Gasteiger partial charge in [0, 0.05) is 39.3 Å². The second-order valence-electron chi connectivity index (χ2n) is 7.76. The fourth-order valence-electron chi connectivity index (χ4n) is 4.08. The summed E-state index contributed by atoms with van der Waals surface area (Å²) in [6.45, 7) is 9.28. The largest absolute Gasteiger partial charge is 0.493 e. The molecule has 2 fully saturated rings. The Bertz CT molecular complexity index is 660. The van der Waals surface area contributed by atoms with Gasteiger partial charge in [-0.2, -0.15) is 0 Å². The number of urea groups is 1. The molecule has 2 aliphatic heterocycles. The topological polar surface area (TPSA) is 72.5 Å².